The van der Waals surface area contributed by atoms with E-state index in [4.69, 9.17) is 11.6 Å². The summed E-state index contributed by atoms with van der Waals surface area (Å²) in [5.41, 5.74) is 3.96. The quantitative estimate of drug-likeness (QED) is 0.733. The highest BCUT2D eigenvalue weighted by Crippen LogP contribution is 2.24. The van der Waals surface area contributed by atoms with Gasteiger partial charge in [-0.25, -0.2) is 0 Å². The molecule has 0 atom stereocenters. The van der Waals surface area contributed by atoms with Gasteiger partial charge in [0.15, 0.2) is 0 Å². The zero-order chi connectivity index (χ0) is 15.4. The molecule has 3 rings (SSSR count). The number of nitrogens with one attached hydrogen (secondary N) is 1. The Morgan fingerprint density at radius 3 is 2.55 bits per heavy atom. The van der Waals surface area contributed by atoms with Gasteiger partial charge in [-0.3, -0.25) is 4.98 Å². The summed E-state index contributed by atoms with van der Waals surface area (Å²) in [4.78, 5) is 4.25. The molecule has 0 saturated heterocycles. The molecule has 0 fully saturated rings. The summed E-state index contributed by atoms with van der Waals surface area (Å²) in [6.07, 6.45) is 3.56. The Morgan fingerprint density at radius 2 is 1.77 bits per heavy atom. The molecule has 0 aliphatic carbocycles. The van der Waals surface area contributed by atoms with Gasteiger partial charge in [-0.05, 0) is 41.5 Å². The maximum atomic E-state index is 9.57. The number of anilines is 1. The van der Waals surface area contributed by atoms with Gasteiger partial charge in [-0.2, -0.15) is 0 Å². The summed E-state index contributed by atoms with van der Waals surface area (Å²) in [6, 6.07) is 16.9. The van der Waals surface area contributed by atoms with Crippen molar-refractivity contribution in [3.63, 3.8) is 0 Å². The number of hydrogen-bond acceptors (Lipinski definition) is 3. The minimum absolute atomic E-state index is 0.247. The highest BCUT2D eigenvalue weighted by atomic mass is 35.5. The lowest BCUT2D eigenvalue weighted by molar-refractivity contribution is 0.475. The van der Waals surface area contributed by atoms with Crippen LogP contribution in [0.3, 0.4) is 0 Å². The average Bonchev–Trinajstić information content (AvgIpc) is 2.55. The Labute approximate surface area is 134 Å². The smallest absolute Gasteiger partial charge is 0.116 e. The molecule has 2 aromatic carbocycles. The van der Waals surface area contributed by atoms with E-state index in [9.17, 15) is 5.11 Å². The van der Waals surface area contributed by atoms with Crippen LogP contribution in [0, 0.1) is 0 Å². The minimum atomic E-state index is 0.247. The molecule has 1 heterocycles. The molecule has 3 aromatic rings. The van der Waals surface area contributed by atoms with Gasteiger partial charge < -0.3 is 10.4 Å². The van der Waals surface area contributed by atoms with Gasteiger partial charge in [0.25, 0.3) is 0 Å². The van der Waals surface area contributed by atoms with Crippen LogP contribution in [0.5, 0.6) is 5.75 Å². The first-order valence-corrected chi connectivity index (χ1v) is 7.31. The molecule has 4 heteroatoms. The Morgan fingerprint density at radius 1 is 0.955 bits per heavy atom. The standard InChI is InChI=1S/C18H15ClN2O/c19-16-6-4-13(5-7-16)10-21-17-8-15(11-20-12-17)14-2-1-3-18(22)9-14/h1-9,11-12,21-22H,10H2. The number of hydrogen-bond donors (Lipinski definition) is 2. The summed E-state index contributed by atoms with van der Waals surface area (Å²) < 4.78 is 0. The van der Waals surface area contributed by atoms with Crippen molar-refractivity contribution < 1.29 is 5.11 Å². The second kappa shape index (κ2) is 6.50. The molecule has 0 aliphatic rings. The SMILES string of the molecule is Oc1cccc(-c2cncc(NCc3ccc(Cl)cc3)c2)c1. The first-order valence-electron chi connectivity index (χ1n) is 6.93. The maximum Gasteiger partial charge on any atom is 0.116 e. The van der Waals surface area contributed by atoms with E-state index in [1.807, 2.05) is 42.5 Å². The molecule has 110 valence electrons. The summed E-state index contributed by atoms with van der Waals surface area (Å²) >= 11 is 5.88. The van der Waals surface area contributed by atoms with Gasteiger partial charge in [-0.15, -0.1) is 0 Å². The van der Waals surface area contributed by atoms with Gasteiger partial charge >= 0.3 is 0 Å². The first kappa shape index (κ1) is 14.4. The van der Waals surface area contributed by atoms with Crippen LogP contribution >= 0.6 is 11.6 Å². The maximum absolute atomic E-state index is 9.57. The lowest BCUT2D eigenvalue weighted by atomic mass is 10.1. The third kappa shape index (κ3) is 3.57. The van der Waals surface area contributed by atoms with Gasteiger partial charge in [0.05, 0.1) is 5.69 Å². The van der Waals surface area contributed by atoms with Crippen LogP contribution in [0.4, 0.5) is 5.69 Å². The van der Waals surface area contributed by atoms with Crippen LogP contribution in [-0.4, -0.2) is 10.1 Å². The third-order valence-corrected chi connectivity index (χ3v) is 3.58. The van der Waals surface area contributed by atoms with Gasteiger partial charge in [-0.1, -0.05) is 35.9 Å². The number of benzene rings is 2. The van der Waals surface area contributed by atoms with E-state index in [2.05, 4.69) is 10.3 Å². The highest BCUT2D eigenvalue weighted by molar-refractivity contribution is 6.30. The van der Waals surface area contributed by atoms with Crippen molar-refractivity contribution in [2.24, 2.45) is 0 Å². The summed E-state index contributed by atoms with van der Waals surface area (Å²) in [5, 5.41) is 13.6. The number of phenolic OH excluding ortho intramolecular Hbond substituents is 1. The normalized spacial score (nSPS) is 10.4. The van der Waals surface area contributed by atoms with Crippen molar-refractivity contribution in [3.05, 3.63) is 77.6 Å². The van der Waals surface area contributed by atoms with E-state index >= 15 is 0 Å². The molecule has 0 saturated carbocycles. The minimum Gasteiger partial charge on any atom is -0.508 e. The van der Waals surface area contributed by atoms with Crippen LogP contribution in [0.1, 0.15) is 5.56 Å². The molecule has 0 unspecified atom stereocenters. The second-order valence-corrected chi connectivity index (χ2v) is 5.43. The number of halogens is 1. The molecular weight excluding hydrogens is 296 g/mol. The number of rotatable bonds is 4. The van der Waals surface area contributed by atoms with Crippen LogP contribution in [0.2, 0.25) is 5.02 Å². The fourth-order valence-electron chi connectivity index (χ4n) is 2.19. The predicted molar refractivity (Wildman–Crippen MR) is 90.1 cm³/mol. The lowest BCUT2D eigenvalue weighted by Crippen LogP contribution is -1.99. The Kier molecular flexibility index (Phi) is 4.26. The van der Waals surface area contributed by atoms with Crippen LogP contribution < -0.4 is 5.32 Å². The highest BCUT2D eigenvalue weighted by Gasteiger charge is 2.01. The molecule has 3 nitrogen and oxygen atoms in total. The summed E-state index contributed by atoms with van der Waals surface area (Å²) in [5.74, 6) is 0.247. The lowest BCUT2D eigenvalue weighted by Gasteiger charge is -2.08. The molecule has 0 spiro atoms. The largest absolute Gasteiger partial charge is 0.508 e. The zero-order valence-corrected chi connectivity index (χ0v) is 12.6. The molecule has 2 N–H and O–H groups in total. The Hall–Kier alpha value is -2.52. The molecular formula is C18H15ClN2O. The molecule has 22 heavy (non-hydrogen) atoms. The Balaban J connectivity index is 1.75. The number of aromatic hydroxyl groups is 1. The second-order valence-electron chi connectivity index (χ2n) is 4.99. The number of phenols is 1. The van der Waals surface area contributed by atoms with Crippen LogP contribution in [0.15, 0.2) is 67.0 Å². The van der Waals surface area contributed by atoms with Gasteiger partial charge in [0.1, 0.15) is 5.75 Å². The predicted octanol–water partition coefficient (Wildman–Crippen LogP) is 4.72. The fourth-order valence-corrected chi connectivity index (χ4v) is 2.31. The van der Waals surface area contributed by atoms with E-state index in [1.54, 1.807) is 24.5 Å². The first-order chi connectivity index (χ1) is 10.7. The van der Waals surface area contributed by atoms with E-state index in [0.29, 0.717) is 6.54 Å². The topological polar surface area (TPSA) is 45.2 Å². The molecule has 1 aromatic heterocycles. The van der Waals surface area contributed by atoms with E-state index < -0.39 is 0 Å². The number of pyridine rings is 1. The molecule has 0 aliphatic heterocycles. The van der Waals surface area contributed by atoms with Crippen LogP contribution in [-0.2, 0) is 6.54 Å². The van der Waals surface area contributed by atoms with Crippen molar-refractivity contribution in [3.8, 4) is 16.9 Å². The molecule has 0 amide bonds. The molecule has 0 radical (unpaired) electrons. The summed E-state index contributed by atoms with van der Waals surface area (Å²) in [7, 11) is 0. The summed E-state index contributed by atoms with van der Waals surface area (Å²) in [6.45, 7) is 0.697. The average molecular weight is 311 g/mol. The van der Waals surface area contributed by atoms with Crippen molar-refractivity contribution in [2.75, 3.05) is 5.32 Å². The van der Waals surface area contributed by atoms with E-state index in [-0.39, 0.29) is 5.75 Å². The van der Waals surface area contributed by atoms with Crippen LogP contribution in [0.25, 0.3) is 11.1 Å². The number of nitrogens with zero attached hydrogens (tertiary/aromatic N) is 1. The Bertz CT molecular complexity index is 772. The zero-order valence-electron chi connectivity index (χ0n) is 11.8. The van der Waals surface area contributed by atoms with Crippen molar-refractivity contribution in [1.29, 1.82) is 0 Å². The third-order valence-electron chi connectivity index (χ3n) is 3.33. The van der Waals surface area contributed by atoms with Crippen molar-refractivity contribution >= 4 is 17.3 Å². The van der Waals surface area contributed by atoms with Crippen molar-refractivity contribution in [2.45, 2.75) is 6.54 Å². The van der Waals surface area contributed by atoms with Gasteiger partial charge in [0, 0.05) is 29.5 Å². The number of aromatic nitrogens is 1. The van der Waals surface area contributed by atoms with Crippen molar-refractivity contribution in [1.82, 2.24) is 4.98 Å². The van der Waals surface area contributed by atoms with E-state index in [1.165, 1.54) is 0 Å². The van der Waals surface area contributed by atoms with Gasteiger partial charge in [0.2, 0.25) is 0 Å². The fraction of sp³-hybridized carbons (Fsp3) is 0.0556. The molecule has 0 bridgehead atoms. The van der Waals surface area contributed by atoms with E-state index in [0.717, 1.165) is 27.4 Å². The monoisotopic (exact) mass is 310 g/mol.